The molecule has 2 amide bonds. The van der Waals surface area contributed by atoms with E-state index in [-0.39, 0.29) is 32.0 Å². The van der Waals surface area contributed by atoms with Crippen LogP contribution in [0.1, 0.15) is 38.5 Å². The van der Waals surface area contributed by atoms with Crippen molar-refractivity contribution in [1.29, 1.82) is 0 Å². The van der Waals surface area contributed by atoms with Crippen molar-refractivity contribution in [3.05, 3.63) is 46.5 Å². The lowest BCUT2D eigenvalue weighted by Gasteiger charge is -2.12. The lowest BCUT2D eigenvalue weighted by molar-refractivity contribution is -0.140. The van der Waals surface area contributed by atoms with E-state index in [0.717, 1.165) is 6.07 Å². The van der Waals surface area contributed by atoms with E-state index in [1.165, 1.54) is 27.8 Å². The summed E-state index contributed by atoms with van der Waals surface area (Å²) in [7, 11) is 1.65. The number of amides is 2. The van der Waals surface area contributed by atoms with Crippen molar-refractivity contribution in [1.82, 2.24) is 24.5 Å². The quantitative estimate of drug-likeness (QED) is 0.455. The average molecular weight is 477 g/mol. The first-order chi connectivity index (χ1) is 15.5. The molecule has 13 heteroatoms. The number of alkyl halides is 3. The number of aromatic nitrogens is 5. The minimum atomic E-state index is -4.73. The summed E-state index contributed by atoms with van der Waals surface area (Å²) in [6.45, 7) is 3.91. The number of halogens is 3. The molecule has 0 atom stereocenters. The van der Waals surface area contributed by atoms with Gasteiger partial charge in [-0.2, -0.15) is 23.4 Å². The van der Waals surface area contributed by atoms with Gasteiger partial charge in [-0.15, -0.1) is 11.3 Å². The number of fused-ring (bicyclic) bond motifs is 1. The first-order valence-corrected chi connectivity index (χ1v) is 10.5. The molecule has 0 aliphatic rings. The van der Waals surface area contributed by atoms with Crippen molar-refractivity contribution >= 4 is 39.1 Å². The molecule has 0 aliphatic carbocycles. The zero-order chi connectivity index (χ0) is 24.1. The highest BCUT2D eigenvalue weighted by atomic mass is 32.1. The Balaban J connectivity index is 2.01. The highest BCUT2D eigenvalue weighted by molar-refractivity contribution is 7.21. The maximum absolute atomic E-state index is 13.6. The number of carbonyl (C=O) groups is 2. The van der Waals surface area contributed by atoms with Gasteiger partial charge in [0.25, 0.3) is 11.8 Å². The van der Waals surface area contributed by atoms with E-state index in [4.69, 9.17) is 5.73 Å². The summed E-state index contributed by atoms with van der Waals surface area (Å²) in [6, 6.07) is 2.37. The molecular weight excluding hydrogens is 459 g/mol. The highest BCUT2D eigenvalue weighted by Gasteiger charge is 2.35. The molecule has 9 nitrogen and oxygen atoms in total. The molecule has 0 unspecified atom stereocenters. The van der Waals surface area contributed by atoms with Crippen LogP contribution >= 0.6 is 11.3 Å². The fraction of sp³-hybridized carbons (Fsp3) is 0.250. The second-order valence-corrected chi connectivity index (χ2v) is 8.16. The number of primary amides is 1. The molecule has 4 rings (SSSR count). The lowest BCUT2D eigenvalue weighted by atomic mass is 10.0. The molecule has 4 heterocycles. The minimum Gasteiger partial charge on any atom is -0.365 e. The Bertz CT molecular complexity index is 1400. The molecule has 0 bridgehead atoms. The van der Waals surface area contributed by atoms with E-state index in [9.17, 15) is 22.8 Å². The SMILES string of the molecule is CCn1nccc1C(=O)Nc1c(C(N)=O)sc2nc(C(F)(F)F)cc(-c3cnn(C)c3C)c12. The van der Waals surface area contributed by atoms with Crippen molar-refractivity contribution in [2.75, 3.05) is 5.32 Å². The molecule has 0 saturated carbocycles. The van der Waals surface area contributed by atoms with Crippen LogP contribution in [0.2, 0.25) is 0 Å². The number of pyridine rings is 1. The summed E-state index contributed by atoms with van der Waals surface area (Å²) in [5.41, 5.74) is 5.70. The molecule has 0 saturated heterocycles. The summed E-state index contributed by atoms with van der Waals surface area (Å²) >= 11 is 0.683. The number of rotatable bonds is 5. The molecule has 4 aromatic heterocycles. The van der Waals surface area contributed by atoms with Crippen LogP contribution in [-0.4, -0.2) is 36.4 Å². The van der Waals surface area contributed by atoms with Crippen molar-refractivity contribution in [2.24, 2.45) is 12.8 Å². The Kier molecular flexibility index (Phi) is 5.44. The van der Waals surface area contributed by atoms with Gasteiger partial charge in [0.15, 0.2) is 0 Å². The molecule has 172 valence electrons. The van der Waals surface area contributed by atoms with Crippen LogP contribution in [-0.2, 0) is 19.8 Å². The average Bonchev–Trinajstić information content (AvgIpc) is 3.45. The normalized spacial score (nSPS) is 11.8. The monoisotopic (exact) mass is 477 g/mol. The molecule has 4 aromatic rings. The van der Waals surface area contributed by atoms with Crippen LogP contribution in [0.5, 0.6) is 0 Å². The summed E-state index contributed by atoms with van der Waals surface area (Å²) < 4.78 is 43.8. The van der Waals surface area contributed by atoms with Gasteiger partial charge < -0.3 is 11.1 Å². The van der Waals surface area contributed by atoms with Crippen LogP contribution < -0.4 is 11.1 Å². The van der Waals surface area contributed by atoms with Gasteiger partial charge in [-0.3, -0.25) is 19.0 Å². The molecule has 33 heavy (non-hydrogen) atoms. The number of anilines is 1. The van der Waals surface area contributed by atoms with E-state index < -0.39 is 23.7 Å². The number of nitrogens with two attached hydrogens (primary N) is 1. The van der Waals surface area contributed by atoms with Crippen LogP contribution in [0.25, 0.3) is 21.3 Å². The van der Waals surface area contributed by atoms with E-state index in [2.05, 4.69) is 20.5 Å². The topological polar surface area (TPSA) is 121 Å². The Hall–Kier alpha value is -3.74. The third kappa shape index (κ3) is 3.84. The Morgan fingerprint density at radius 3 is 2.55 bits per heavy atom. The number of hydrogen-bond donors (Lipinski definition) is 2. The maximum atomic E-state index is 13.6. The smallest absolute Gasteiger partial charge is 0.365 e. The lowest BCUT2D eigenvalue weighted by Crippen LogP contribution is -2.20. The summed E-state index contributed by atoms with van der Waals surface area (Å²) in [6.07, 6.45) is -1.86. The highest BCUT2D eigenvalue weighted by Crippen LogP contribution is 2.44. The third-order valence-corrected chi connectivity index (χ3v) is 6.29. The van der Waals surface area contributed by atoms with Gasteiger partial charge in [0.05, 0.1) is 11.9 Å². The van der Waals surface area contributed by atoms with Crippen molar-refractivity contribution in [2.45, 2.75) is 26.6 Å². The van der Waals surface area contributed by atoms with Crippen LogP contribution in [0, 0.1) is 6.92 Å². The third-order valence-electron chi connectivity index (χ3n) is 5.19. The largest absolute Gasteiger partial charge is 0.433 e. The van der Waals surface area contributed by atoms with Gasteiger partial charge in [-0.1, -0.05) is 0 Å². The number of thiophene rings is 1. The van der Waals surface area contributed by atoms with E-state index in [1.807, 2.05) is 0 Å². The van der Waals surface area contributed by atoms with E-state index in [0.29, 0.717) is 29.1 Å². The molecular formula is C20H18F3N7O2S. The second kappa shape index (κ2) is 7.99. The molecule has 0 aromatic carbocycles. The Morgan fingerprint density at radius 1 is 1.24 bits per heavy atom. The van der Waals surface area contributed by atoms with Gasteiger partial charge in [-0.05, 0) is 31.5 Å². The van der Waals surface area contributed by atoms with Crippen molar-refractivity contribution in [3.63, 3.8) is 0 Å². The number of nitrogens with one attached hydrogen (secondary N) is 1. The predicted molar refractivity (Wildman–Crippen MR) is 116 cm³/mol. The Labute approximate surface area is 189 Å². The predicted octanol–water partition coefficient (Wildman–Crippen LogP) is 3.59. The van der Waals surface area contributed by atoms with Crippen LogP contribution in [0.4, 0.5) is 18.9 Å². The van der Waals surface area contributed by atoms with Crippen LogP contribution in [0.3, 0.4) is 0 Å². The zero-order valence-corrected chi connectivity index (χ0v) is 18.5. The number of nitrogens with zero attached hydrogens (tertiary/aromatic N) is 5. The maximum Gasteiger partial charge on any atom is 0.433 e. The zero-order valence-electron chi connectivity index (χ0n) is 17.7. The van der Waals surface area contributed by atoms with E-state index >= 15 is 0 Å². The fourth-order valence-corrected chi connectivity index (χ4v) is 4.47. The van der Waals surface area contributed by atoms with Gasteiger partial charge in [-0.25, -0.2) is 4.98 Å². The molecule has 0 fully saturated rings. The molecule has 3 N–H and O–H groups in total. The minimum absolute atomic E-state index is 0.00386. The molecule has 0 aliphatic heterocycles. The first-order valence-electron chi connectivity index (χ1n) is 9.69. The standard InChI is InChI=1S/C20H18F3N7O2S/c1-4-30-12(5-6-25-30)18(32)28-15-14-10(11-8-26-29(3)9(11)2)7-13(20(21,22)23)27-19(14)33-16(15)17(24)31/h5-8H,4H2,1-3H3,(H2,24,31)(H,28,32). The number of hydrogen-bond acceptors (Lipinski definition) is 6. The van der Waals surface area contributed by atoms with Gasteiger partial charge in [0.1, 0.15) is 21.1 Å². The fourth-order valence-electron chi connectivity index (χ4n) is 3.47. The van der Waals surface area contributed by atoms with Gasteiger partial charge in [0, 0.05) is 36.4 Å². The summed E-state index contributed by atoms with van der Waals surface area (Å²) in [4.78, 5) is 28.7. The van der Waals surface area contributed by atoms with E-state index in [1.54, 1.807) is 20.9 Å². The van der Waals surface area contributed by atoms with Gasteiger partial charge >= 0.3 is 6.18 Å². The number of carbonyl (C=O) groups excluding carboxylic acids is 2. The molecule has 0 radical (unpaired) electrons. The summed E-state index contributed by atoms with van der Waals surface area (Å²) in [5, 5.41) is 11.0. The molecule has 0 spiro atoms. The van der Waals surface area contributed by atoms with Crippen LogP contribution in [0.15, 0.2) is 24.5 Å². The first kappa shape index (κ1) is 22.5. The summed E-state index contributed by atoms with van der Waals surface area (Å²) in [5.74, 6) is -1.50. The second-order valence-electron chi connectivity index (χ2n) is 7.16. The number of aryl methyl sites for hydroxylation is 2. The van der Waals surface area contributed by atoms with Gasteiger partial charge in [0.2, 0.25) is 0 Å². The van der Waals surface area contributed by atoms with Crippen molar-refractivity contribution < 1.29 is 22.8 Å². The van der Waals surface area contributed by atoms with Crippen molar-refractivity contribution in [3.8, 4) is 11.1 Å². The Morgan fingerprint density at radius 2 is 1.97 bits per heavy atom.